The zero-order valence-corrected chi connectivity index (χ0v) is 7.62. The van der Waals surface area contributed by atoms with Gasteiger partial charge in [0.15, 0.2) is 0 Å². The number of thiol groups is 1. The molecular weight excluding hydrogens is 144 g/mol. The van der Waals surface area contributed by atoms with Crippen LogP contribution >= 0.6 is 12.6 Å². The molecule has 2 heteroatoms. The highest BCUT2D eigenvalue weighted by atomic mass is 32.1. The van der Waals surface area contributed by atoms with E-state index in [1.54, 1.807) is 0 Å². The Morgan fingerprint density at radius 3 is 2.20 bits per heavy atom. The summed E-state index contributed by atoms with van der Waals surface area (Å²) in [7, 11) is 0. The molecule has 1 fully saturated rings. The van der Waals surface area contributed by atoms with Crippen molar-refractivity contribution in [3.63, 3.8) is 0 Å². The normalized spacial score (nSPS) is 38.4. The van der Waals surface area contributed by atoms with Gasteiger partial charge in [0.1, 0.15) is 0 Å². The van der Waals surface area contributed by atoms with Crippen molar-refractivity contribution in [1.29, 1.82) is 0 Å². The third-order valence-electron chi connectivity index (χ3n) is 2.37. The van der Waals surface area contributed by atoms with Gasteiger partial charge >= 0.3 is 0 Å². The highest BCUT2D eigenvalue weighted by Gasteiger charge is 2.40. The van der Waals surface area contributed by atoms with Gasteiger partial charge in [-0.05, 0) is 24.7 Å². The molecule has 1 aliphatic rings. The molecule has 1 saturated carbocycles. The largest absolute Gasteiger partial charge is 0.389 e. The van der Waals surface area contributed by atoms with E-state index in [0.717, 1.165) is 19.3 Å². The Morgan fingerprint density at radius 2 is 2.00 bits per heavy atom. The second kappa shape index (κ2) is 2.42. The maximum absolute atomic E-state index is 9.76. The Labute approximate surface area is 68.2 Å². The summed E-state index contributed by atoms with van der Waals surface area (Å²) in [6, 6.07) is 0. The monoisotopic (exact) mass is 160 g/mol. The van der Waals surface area contributed by atoms with E-state index < -0.39 is 5.60 Å². The van der Waals surface area contributed by atoms with Gasteiger partial charge < -0.3 is 5.11 Å². The molecule has 60 valence electrons. The van der Waals surface area contributed by atoms with Gasteiger partial charge in [-0.3, -0.25) is 0 Å². The van der Waals surface area contributed by atoms with Gasteiger partial charge in [0, 0.05) is 5.75 Å². The smallest absolute Gasteiger partial charge is 0.0740 e. The molecule has 0 spiro atoms. The van der Waals surface area contributed by atoms with E-state index in [4.69, 9.17) is 0 Å². The van der Waals surface area contributed by atoms with Crippen molar-refractivity contribution < 1.29 is 5.11 Å². The van der Waals surface area contributed by atoms with Crippen LogP contribution in [0.25, 0.3) is 0 Å². The van der Waals surface area contributed by atoms with E-state index in [-0.39, 0.29) is 0 Å². The summed E-state index contributed by atoms with van der Waals surface area (Å²) < 4.78 is 0. The molecule has 10 heavy (non-hydrogen) atoms. The van der Waals surface area contributed by atoms with Crippen molar-refractivity contribution in [3.05, 3.63) is 0 Å². The summed E-state index contributed by atoms with van der Waals surface area (Å²) in [5.41, 5.74) is -0.135. The van der Waals surface area contributed by atoms with E-state index in [1.807, 2.05) is 0 Å². The molecule has 1 atom stereocenters. The molecule has 0 radical (unpaired) electrons. The van der Waals surface area contributed by atoms with Gasteiger partial charge in [-0.25, -0.2) is 0 Å². The lowest BCUT2D eigenvalue weighted by molar-refractivity contribution is 0.0625. The highest BCUT2D eigenvalue weighted by Crippen LogP contribution is 2.43. The van der Waals surface area contributed by atoms with Gasteiger partial charge in [0.25, 0.3) is 0 Å². The van der Waals surface area contributed by atoms with E-state index in [0.29, 0.717) is 11.2 Å². The predicted molar refractivity (Wildman–Crippen MR) is 46.4 cm³/mol. The van der Waals surface area contributed by atoms with Gasteiger partial charge in [-0.15, -0.1) is 0 Å². The molecule has 0 aromatic rings. The number of hydrogen-bond acceptors (Lipinski definition) is 2. The lowest BCUT2D eigenvalue weighted by atomic mass is 9.90. The molecule has 1 rings (SSSR count). The second-order valence-corrected chi connectivity index (χ2v) is 4.54. The molecule has 1 unspecified atom stereocenters. The highest BCUT2D eigenvalue weighted by molar-refractivity contribution is 7.80. The fourth-order valence-electron chi connectivity index (χ4n) is 1.77. The van der Waals surface area contributed by atoms with Crippen LogP contribution in [0.2, 0.25) is 0 Å². The Morgan fingerprint density at radius 1 is 1.40 bits per heavy atom. The molecule has 1 N–H and O–H groups in total. The van der Waals surface area contributed by atoms with Crippen LogP contribution in [-0.4, -0.2) is 16.5 Å². The van der Waals surface area contributed by atoms with Crippen molar-refractivity contribution in [2.24, 2.45) is 5.41 Å². The first-order valence-corrected chi connectivity index (χ1v) is 4.44. The minimum atomic E-state index is -0.466. The molecule has 0 bridgehead atoms. The van der Waals surface area contributed by atoms with Crippen LogP contribution in [-0.2, 0) is 0 Å². The van der Waals surface area contributed by atoms with Crippen LogP contribution in [0.3, 0.4) is 0 Å². The van der Waals surface area contributed by atoms with Crippen LogP contribution < -0.4 is 0 Å². The van der Waals surface area contributed by atoms with Gasteiger partial charge in [0.05, 0.1) is 5.60 Å². The average Bonchev–Trinajstić information content (AvgIpc) is 2.08. The first-order valence-electron chi connectivity index (χ1n) is 3.81. The third-order valence-corrected chi connectivity index (χ3v) is 2.96. The van der Waals surface area contributed by atoms with Crippen molar-refractivity contribution in [1.82, 2.24) is 0 Å². The van der Waals surface area contributed by atoms with Crippen molar-refractivity contribution in [2.75, 3.05) is 5.75 Å². The van der Waals surface area contributed by atoms with E-state index in [9.17, 15) is 5.11 Å². The molecule has 0 amide bonds. The maximum atomic E-state index is 9.76. The summed E-state index contributed by atoms with van der Waals surface area (Å²) in [6.07, 6.45) is 2.96. The number of rotatable bonds is 1. The summed E-state index contributed by atoms with van der Waals surface area (Å²) in [4.78, 5) is 0. The topological polar surface area (TPSA) is 20.2 Å². The third kappa shape index (κ3) is 1.67. The van der Waals surface area contributed by atoms with E-state index >= 15 is 0 Å². The maximum Gasteiger partial charge on any atom is 0.0740 e. The first-order chi connectivity index (χ1) is 4.47. The molecule has 0 saturated heterocycles. The van der Waals surface area contributed by atoms with Crippen LogP contribution in [0.1, 0.15) is 33.1 Å². The lowest BCUT2D eigenvalue weighted by Gasteiger charge is -2.22. The predicted octanol–water partition coefficient (Wildman–Crippen LogP) is 1.86. The number of hydrogen-bond donors (Lipinski definition) is 2. The van der Waals surface area contributed by atoms with Crippen LogP contribution in [0.4, 0.5) is 0 Å². The molecule has 1 aliphatic carbocycles. The molecule has 0 heterocycles. The summed E-state index contributed by atoms with van der Waals surface area (Å²) in [5.74, 6) is 0.608. The molecule has 0 aromatic heterocycles. The first kappa shape index (κ1) is 8.41. The minimum absolute atomic E-state index is 0.331. The van der Waals surface area contributed by atoms with Crippen LogP contribution in [0.15, 0.2) is 0 Å². The average molecular weight is 160 g/mol. The Bertz CT molecular complexity index is 133. The van der Waals surface area contributed by atoms with Crippen molar-refractivity contribution >= 4 is 12.6 Å². The van der Waals surface area contributed by atoms with Crippen molar-refractivity contribution in [2.45, 2.75) is 38.7 Å². The lowest BCUT2D eigenvalue weighted by Crippen LogP contribution is -2.28. The molecule has 1 nitrogen and oxygen atoms in total. The fraction of sp³-hybridized carbons (Fsp3) is 1.00. The van der Waals surface area contributed by atoms with Crippen LogP contribution in [0.5, 0.6) is 0 Å². The Kier molecular flexibility index (Phi) is 2.03. The fourth-order valence-corrected chi connectivity index (χ4v) is 2.04. The molecule has 0 aliphatic heterocycles. The number of aliphatic hydroxyl groups is 1. The van der Waals surface area contributed by atoms with E-state index in [2.05, 4.69) is 26.5 Å². The summed E-state index contributed by atoms with van der Waals surface area (Å²) >= 11 is 4.13. The van der Waals surface area contributed by atoms with Crippen molar-refractivity contribution in [3.8, 4) is 0 Å². The van der Waals surface area contributed by atoms with E-state index in [1.165, 1.54) is 0 Å². The quantitative estimate of drug-likeness (QED) is 0.561. The SMILES string of the molecule is CC1(C)CCC(O)(CS)C1. The van der Waals surface area contributed by atoms with Crippen LogP contribution in [0, 0.1) is 5.41 Å². The molecular formula is C8H16OS. The Hall–Kier alpha value is 0.310. The molecule has 0 aromatic carbocycles. The standard InChI is InChI=1S/C8H16OS/c1-7(2)3-4-8(9,5-7)6-10/h9-10H,3-6H2,1-2H3. The summed E-state index contributed by atoms with van der Waals surface area (Å²) in [6.45, 7) is 4.41. The van der Waals surface area contributed by atoms with Gasteiger partial charge in [-0.2, -0.15) is 12.6 Å². The minimum Gasteiger partial charge on any atom is -0.389 e. The zero-order chi connectivity index (χ0) is 7.83. The second-order valence-electron chi connectivity index (χ2n) is 4.22. The Balaban J connectivity index is 2.57. The zero-order valence-electron chi connectivity index (χ0n) is 6.72. The summed E-state index contributed by atoms with van der Waals surface area (Å²) in [5, 5.41) is 9.76. The van der Waals surface area contributed by atoms with Gasteiger partial charge in [-0.1, -0.05) is 13.8 Å². The van der Waals surface area contributed by atoms with Gasteiger partial charge in [0.2, 0.25) is 0 Å².